The number of halogens is 1. The minimum Gasteiger partial charge on any atom is -0.496 e. The summed E-state index contributed by atoms with van der Waals surface area (Å²) in [4.78, 5) is 8.97. The summed E-state index contributed by atoms with van der Waals surface area (Å²) >= 11 is 0. The van der Waals surface area contributed by atoms with E-state index in [2.05, 4.69) is 15.1 Å². The Labute approximate surface area is 155 Å². The number of rotatable bonds is 4. The molecule has 0 fully saturated rings. The average Bonchev–Trinajstić information content (AvgIpc) is 3.10. The number of aryl methyl sites for hydroxylation is 1. The van der Waals surface area contributed by atoms with Crippen LogP contribution in [0.15, 0.2) is 48.5 Å². The van der Waals surface area contributed by atoms with Crippen molar-refractivity contribution >= 4 is 11.5 Å². The van der Waals surface area contributed by atoms with Crippen molar-refractivity contribution in [3.8, 4) is 17.0 Å². The number of anilines is 1. The standard InChI is InChI=1S/C20H18FN5O/c1-12-18(15-11-14(21)8-9-16(15)27-2)24-19(22)20-23-17(25-26(12)20)10-13-6-4-3-5-7-13/h3-9,11H,10H2,1-2H3,(H2,22,24). The number of methoxy groups -OCH3 is 1. The molecule has 0 bridgehead atoms. The van der Waals surface area contributed by atoms with Gasteiger partial charge >= 0.3 is 0 Å². The van der Waals surface area contributed by atoms with E-state index in [-0.39, 0.29) is 11.6 Å². The molecule has 0 atom stereocenters. The minimum absolute atomic E-state index is 0.230. The first-order valence-corrected chi connectivity index (χ1v) is 8.46. The monoisotopic (exact) mass is 363 g/mol. The summed E-state index contributed by atoms with van der Waals surface area (Å²) in [6.07, 6.45) is 0.583. The van der Waals surface area contributed by atoms with Gasteiger partial charge in [0.1, 0.15) is 11.6 Å². The SMILES string of the molecule is COc1ccc(F)cc1-c1nc(N)c2nc(Cc3ccccc3)nn2c1C. The van der Waals surface area contributed by atoms with Crippen LogP contribution in [0.1, 0.15) is 17.1 Å². The molecular formula is C20H18FN5O. The molecule has 6 nitrogen and oxygen atoms in total. The molecule has 0 unspecified atom stereocenters. The highest BCUT2D eigenvalue weighted by Crippen LogP contribution is 2.32. The highest BCUT2D eigenvalue weighted by atomic mass is 19.1. The molecule has 2 aromatic heterocycles. The van der Waals surface area contributed by atoms with Crippen LogP contribution >= 0.6 is 0 Å². The van der Waals surface area contributed by atoms with Crippen molar-refractivity contribution in [2.24, 2.45) is 0 Å². The normalized spacial score (nSPS) is 11.1. The maximum absolute atomic E-state index is 13.8. The van der Waals surface area contributed by atoms with Crippen LogP contribution in [0, 0.1) is 12.7 Å². The van der Waals surface area contributed by atoms with Crippen molar-refractivity contribution < 1.29 is 9.13 Å². The van der Waals surface area contributed by atoms with Crippen LogP contribution in [0.3, 0.4) is 0 Å². The van der Waals surface area contributed by atoms with E-state index in [9.17, 15) is 4.39 Å². The topological polar surface area (TPSA) is 78.3 Å². The second kappa shape index (κ2) is 6.68. The van der Waals surface area contributed by atoms with Gasteiger partial charge in [0.05, 0.1) is 18.5 Å². The first-order valence-electron chi connectivity index (χ1n) is 8.46. The largest absolute Gasteiger partial charge is 0.496 e. The van der Waals surface area contributed by atoms with E-state index in [1.54, 1.807) is 10.6 Å². The number of nitrogens with zero attached hydrogens (tertiary/aromatic N) is 4. The zero-order valence-corrected chi connectivity index (χ0v) is 15.0. The van der Waals surface area contributed by atoms with Crippen LogP contribution in [-0.4, -0.2) is 26.7 Å². The number of hydrogen-bond donors (Lipinski definition) is 1. The summed E-state index contributed by atoms with van der Waals surface area (Å²) in [7, 11) is 1.53. The zero-order chi connectivity index (χ0) is 19.0. The van der Waals surface area contributed by atoms with Crippen molar-refractivity contribution in [3.63, 3.8) is 0 Å². The summed E-state index contributed by atoms with van der Waals surface area (Å²) < 4.78 is 20.8. The Hall–Kier alpha value is -3.48. The Morgan fingerprint density at radius 1 is 1.11 bits per heavy atom. The average molecular weight is 363 g/mol. The number of ether oxygens (including phenoxy) is 1. The quantitative estimate of drug-likeness (QED) is 0.601. The molecular weight excluding hydrogens is 345 g/mol. The predicted molar refractivity (Wildman–Crippen MR) is 101 cm³/mol. The summed E-state index contributed by atoms with van der Waals surface area (Å²) in [6.45, 7) is 1.85. The van der Waals surface area contributed by atoms with E-state index in [1.807, 2.05) is 37.3 Å². The van der Waals surface area contributed by atoms with Crippen LogP contribution in [0.4, 0.5) is 10.2 Å². The van der Waals surface area contributed by atoms with Gasteiger partial charge in [-0.25, -0.2) is 18.9 Å². The number of nitrogens with two attached hydrogens (primary N) is 1. The van der Waals surface area contributed by atoms with Crippen LogP contribution < -0.4 is 10.5 Å². The molecule has 0 amide bonds. The lowest BCUT2D eigenvalue weighted by molar-refractivity contribution is 0.415. The van der Waals surface area contributed by atoms with Crippen molar-refractivity contribution in [1.82, 2.24) is 19.6 Å². The van der Waals surface area contributed by atoms with Gasteiger partial charge in [0, 0.05) is 12.0 Å². The van der Waals surface area contributed by atoms with Gasteiger partial charge in [-0.05, 0) is 30.7 Å². The molecule has 7 heteroatoms. The van der Waals surface area contributed by atoms with Gasteiger partial charge in [-0.3, -0.25) is 0 Å². The van der Waals surface area contributed by atoms with Gasteiger partial charge in [-0.15, -0.1) is 0 Å². The highest BCUT2D eigenvalue weighted by Gasteiger charge is 2.18. The number of fused-ring (bicyclic) bond motifs is 1. The summed E-state index contributed by atoms with van der Waals surface area (Å²) in [5.41, 5.74) is 9.44. The fourth-order valence-electron chi connectivity index (χ4n) is 3.08. The fraction of sp³-hybridized carbons (Fsp3) is 0.150. The molecule has 0 saturated carbocycles. The summed E-state index contributed by atoms with van der Waals surface area (Å²) in [5, 5.41) is 4.58. The van der Waals surface area contributed by atoms with Gasteiger partial charge in [-0.2, -0.15) is 5.10 Å². The number of hydrogen-bond acceptors (Lipinski definition) is 5. The summed E-state index contributed by atoms with van der Waals surface area (Å²) in [6, 6.07) is 14.2. The van der Waals surface area contributed by atoms with E-state index < -0.39 is 0 Å². The summed E-state index contributed by atoms with van der Waals surface area (Å²) in [5.74, 6) is 0.999. The molecule has 0 spiro atoms. The third kappa shape index (κ3) is 3.08. The lowest BCUT2D eigenvalue weighted by Crippen LogP contribution is -2.05. The Balaban J connectivity index is 1.85. The number of nitrogen functional groups attached to an aromatic ring is 1. The smallest absolute Gasteiger partial charge is 0.198 e. The van der Waals surface area contributed by atoms with Crippen LogP contribution in [0.2, 0.25) is 0 Å². The van der Waals surface area contributed by atoms with E-state index in [0.717, 1.165) is 5.56 Å². The zero-order valence-electron chi connectivity index (χ0n) is 15.0. The first kappa shape index (κ1) is 17.0. The molecule has 27 heavy (non-hydrogen) atoms. The molecule has 0 aliphatic carbocycles. The van der Waals surface area contributed by atoms with Crippen molar-refractivity contribution in [3.05, 3.63) is 71.4 Å². The van der Waals surface area contributed by atoms with Crippen LogP contribution in [-0.2, 0) is 6.42 Å². The second-order valence-corrected chi connectivity index (χ2v) is 6.20. The van der Waals surface area contributed by atoms with E-state index >= 15 is 0 Å². The third-order valence-corrected chi connectivity index (χ3v) is 4.39. The molecule has 0 radical (unpaired) electrons. The molecule has 2 N–H and O–H groups in total. The molecule has 2 heterocycles. The predicted octanol–water partition coefficient (Wildman–Crippen LogP) is 3.42. The lowest BCUT2D eigenvalue weighted by atomic mass is 10.1. The van der Waals surface area contributed by atoms with Crippen LogP contribution in [0.25, 0.3) is 16.9 Å². The van der Waals surface area contributed by atoms with E-state index in [1.165, 1.54) is 19.2 Å². The Bertz CT molecular complexity index is 1120. The highest BCUT2D eigenvalue weighted by molar-refractivity contribution is 5.74. The molecule has 0 aliphatic heterocycles. The van der Waals surface area contributed by atoms with Crippen molar-refractivity contribution in [2.45, 2.75) is 13.3 Å². The van der Waals surface area contributed by atoms with Crippen LogP contribution in [0.5, 0.6) is 5.75 Å². The molecule has 0 saturated heterocycles. The number of aromatic nitrogens is 4. The molecule has 136 valence electrons. The molecule has 0 aliphatic rings. The third-order valence-electron chi connectivity index (χ3n) is 4.39. The second-order valence-electron chi connectivity index (χ2n) is 6.20. The fourth-order valence-corrected chi connectivity index (χ4v) is 3.08. The maximum Gasteiger partial charge on any atom is 0.198 e. The Morgan fingerprint density at radius 2 is 1.89 bits per heavy atom. The van der Waals surface area contributed by atoms with Gasteiger partial charge in [-0.1, -0.05) is 30.3 Å². The molecule has 4 aromatic rings. The van der Waals surface area contributed by atoms with Gasteiger partial charge in [0.2, 0.25) is 0 Å². The van der Waals surface area contributed by atoms with Crippen molar-refractivity contribution in [2.75, 3.05) is 12.8 Å². The van der Waals surface area contributed by atoms with Crippen molar-refractivity contribution in [1.29, 1.82) is 0 Å². The minimum atomic E-state index is -0.381. The Morgan fingerprint density at radius 3 is 2.63 bits per heavy atom. The van der Waals surface area contributed by atoms with E-state index in [0.29, 0.717) is 40.6 Å². The molecule has 2 aromatic carbocycles. The lowest BCUT2D eigenvalue weighted by Gasteiger charge is -2.12. The number of benzene rings is 2. The van der Waals surface area contributed by atoms with E-state index in [4.69, 9.17) is 10.5 Å². The molecule has 4 rings (SSSR count). The maximum atomic E-state index is 13.8. The Kier molecular flexibility index (Phi) is 4.19. The van der Waals surface area contributed by atoms with Gasteiger partial charge < -0.3 is 10.5 Å². The van der Waals surface area contributed by atoms with Gasteiger partial charge in [0.25, 0.3) is 0 Å². The van der Waals surface area contributed by atoms with Gasteiger partial charge in [0.15, 0.2) is 17.3 Å². The first-order chi connectivity index (χ1) is 13.1.